The van der Waals surface area contributed by atoms with E-state index in [0.717, 1.165) is 12.8 Å². The summed E-state index contributed by atoms with van der Waals surface area (Å²) < 4.78 is 0. The van der Waals surface area contributed by atoms with Gasteiger partial charge in [0.1, 0.15) is 5.78 Å². The number of aliphatic carboxylic acids is 1. The molecule has 84 valence electrons. The number of ketones is 1. The van der Waals surface area contributed by atoms with Gasteiger partial charge in [-0.3, -0.25) is 4.79 Å². The molecule has 0 unspecified atom stereocenters. The smallest absolute Gasteiger partial charge is 0.143 e. The molecule has 0 aromatic heterocycles. The van der Waals surface area contributed by atoms with E-state index in [2.05, 4.69) is 13.8 Å². The third kappa shape index (κ3) is 1.12. The van der Waals surface area contributed by atoms with Crippen molar-refractivity contribution in [3.63, 3.8) is 0 Å². The molecule has 2 aliphatic carbocycles. The maximum atomic E-state index is 12.1. The van der Waals surface area contributed by atoms with Crippen LogP contribution in [0.25, 0.3) is 0 Å². The number of carboxylic acid groups (broad SMARTS) is 1. The Labute approximate surface area is 89.9 Å². The molecule has 3 heteroatoms. The molecule has 0 saturated heterocycles. The van der Waals surface area contributed by atoms with Crippen LogP contribution in [-0.2, 0) is 9.59 Å². The van der Waals surface area contributed by atoms with Crippen LogP contribution in [0, 0.1) is 22.7 Å². The van der Waals surface area contributed by atoms with Crippen molar-refractivity contribution in [3.05, 3.63) is 0 Å². The van der Waals surface area contributed by atoms with E-state index in [9.17, 15) is 14.7 Å². The first-order valence-electron chi connectivity index (χ1n) is 5.55. The number of fused-ring (bicyclic) bond motifs is 2. The van der Waals surface area contributed by atoms with E-state index < -0.39 is 5.97 Å². The van der Waals surface area contributed by atoms with Crippen LogP contribution in [0.5, 0.6) is 0 Å². The molecule has 0 aromatic rings. The molecule has 2 rings (SSSR count). The minimum Gasteiger partial charge on any atom is -0.550 e. The number of Topliss-reactive ketones (excluding diaryl/α,β-unsaturated/α-hetero) is 1. The zero-order chi connectivity index (χ0) is 11.4. The van der Waals surface area contributed by atoms with Crippen molar-refractivity contribution < 1.29 is 14.7 Å². The molecule has 2 saturated carbocycles. The van der Waals surface area contributed by atoms with Gasteiger partial charge in [0, 0.05) is 17.3 Å². The summed E-state index contributed by atoms with van der Waals surface area (Å²) in [4.78, 5) is 22.8. The average Bonchev–Trinajstić information content (AvgIpc) is 2.40. The summed E-state index contributed by atoms with van der Waals surface area (Å²) in [6.07, 6.45) is 1.79. The monoisotopic (exact) mass is 209 g/mol. The second-order valence-corrected chi connectivity index (χ2v) is 5.75. The summed E-state index contributed by atoms with van der Waals surface area (Å²) >= 11 is 0. The minimum absolute atomic E-state index is 0.0514. The summed E-state index contributed by atoms with van der Waals surface area (Å²) in [6, 6.07) is 0. The Hall–Kier alpha value is -0.860. The normalized spacial score (nSPS) is 42.2. The molecular formula is C12H17O3-. The molecule has 0 heterocycles. The zero-order valence-electron chi connectivity index (χ0n) is 9.50. The maximum Gasteiger partial charge on any atom is 0.143 e. The highest BCUT2D eigenvalue weighted by Gasteiger charge is 2.65. The highest BCUT2D eigenvalue weighted by atomic mass is 16.4. The van der Waals surface area contributed by atoms with Gasteiger partial charge in [0.25, 0.3) is 0 Å². The minimum atomic E-state index is -1.10. The number of rotatable bonds is 2. The molecule has 0 spiro atoms. The van der Waals surface area contributed by atoms with Gasteiger partial charge in [-0.15, -0.1) is 0 Å². The lowest BCUT2D eigenvalue weighted by atomic mass is 9.70. The van der Waals surface area contributed by atoms with E-state index in [0.29, 0.717) is 0 Å². The second-order valence-electron chi connectivity index (χ2n) is 5.75. The molecule has 0 aliphatic heterocycles. The maximum absolute atomic E-state index is 12.1. The molecule has 2 fully saturated rings. The second kappa shape index (κ2) is 2.83. The Kier molecular flexibility index (Phi) is 2.01. The Morgan fingerprint density at radius 3 is 2.47 bits per heavy atom. The van der Waals surface area contributed by atoms with Crippen LogP contribution in [0.15, 0.2) is 0 Å². The number of hydrogen-bond donors (Lipinski definition) is 0. The molecule has 3 nitrogen and oxygen atoms in total. The van der Waals surface area contributed by atoms with Crippen molar-refractivity contribution in [2.75, 3.05) is 0 Å². The highest BCUT2D eigenvalue weighted by molar-refractivity contribution is 5.93. The van der Waals surface area contributed by atoms with E-state index in [1.807, 2.05) is 6.92 Å². The standard InChI is InChI=1S/C12H18O3/c1-11(2)8-4-5-12(11,3)10(15)7(8)6-9(13)14/h7-8H,4-6H2,1-3H3,(H,13,14)/p-1/t7-,8-,12-/m1/s1. The molecule has 3 atom stereocenters. The Morgan fingerprint density at radius 2 is 2.07 bits per heavy atom. The average molecular weight is 209 g/mol. The van der Waals surface area contributed by atoms with Gasteiger partial charge in [0.2, 0.25) is 0 Å². The molecule has 2 aliphatic rings. The number of carbonyl (C=O) groups is 2. The third-order valence-corrected chi connectivity index (χ3v) is 5.06. The van der Waals surface area contributed by atoms with Crippen LogP contribution in [0.2, 0.25) is 0 Å². The Morgan fingerprint density at radius 1 is 1.47 bits per heavy atom. The van der Waals surface area contributed by atoms with Gasteiger partial charge in [0.15, 0.2) is 0 Å². The van der Waals surface area contributed by atoms with E-state index in [-0.39, 0.29) is 34.9 Å². The topological polar surface area (TPSA) is 57.2 Å². The van der Waals surface area contributed by atoms with Crippen molar-refractivity contribution in [1.82, 2.24) is 0 Å². The van der Waals surface area contributed by atoms with Crippen molar-refractivity contribution in [2.45, 2.75) is 40.0 Å². The predicted molar refractivity (Wildman–Crippen MR) is 52.7 cm³/mol. The molecule has 15 heavy (non-hydrogen) atoms. The summed E-state index contributed by atoms with van der Waals surface area (Å²) in [7, 11) is 0. The number of carboxylic acids is 1. The number of hydrogen-bond acceptors (Lipinski definition) is 3. The van der Waals surface area contributed by atoms with Crippen molar-refractivity contribution in [3.8, 4) is 0 Å². The molecular weight excluding hydrogens is 192 g/mol. The van der Waals surface area contributed by atoms with Crippen molar-refractivity contribution in [1.29, 1.82) is 0 Å². The van der Waals surface area contributed by atoms with Crippen LogP contribution in [0.3, 0.4) is 0 Å². The van der Waals surface area contributed by atoms with E-state index >= 15 is 0 Å². The SMILES string of the molecule is CC1(C)[C@@H]2CC[C@]1(C)C(=O)[C@@H]2CC(=O)[O-]. The van der Waals surface area contributed by atoms with Gasteiger partial charge in [-0.05, 0) is 30.6 Å². The quantitative estimate of drug-likeness (QED) is 0.675. The van der Waals surface area contributed by atoms with E-state index in [1.165, 1.54) is 0 Å². The summed E-state index contributed by atoms with van der Waals surface area (Å²) in [5.41, 5.74) is -0.359. The summed E-state index contributed by atoms with van der Waals surface area (Å²) in [6.45, 7) is 6.18. The van der Waals surface area contributed by atoms with Gasteiger partial charge in [0.05, 0.1) is 0 Å². The number of carbonyl (C=O) groups excluding carboxylic acids is 2. The highest BCUT2D eigenvalue weighted by Crippen LogP contribution is 2.66. The summed E-state index contributed by atoms with van der Waals surface area (Å²) in [5, 5.41) is 10.6. The molecule has 0 aromatic carbocycles. The third-order valence-electron chi connectivity index (χ3n) is 5.06. The van der Waals surface area contributed by atoms with E-state index in [4.69, 9.17) is 0 Å². The van der Waals surface area contributed by atoms with Crippen molar-refractivity contribution in [2.24, 2.45) is 22.7 Å². The first-order chi connectivity index (χ1) is 6.80. The fraction of sp³-hybridized carbons (Fsp3) is 0.833. The fourth-order valence-corrected chi connectivity index (χ4v) is 3.69. The lowest BCUT2D eigenvalue weighted by Gasteiger charge is -2.32. The lowest BCUT2D eigenvalue weighted by Crippen LogP contribution is -2.35. The van der Waals surface area contributed by atoms with Gasteiger partial charge in [-0.25, -0.2) is 0 Å². The summed E-state index contributed by atoms with van der Waals surface area (Å²) in [5.74, 6) is -1.02. The zero-order valence-corrected chi connectivity index (χ0v) is 9.50. The van der Waals surface area contributed by atoms with Gasteiger partial charge >= 0.3 is 0 Å². The molecule has 0 radical (unpaired) electrons. The van der Waals surface area contributed by atoms with E-state index in [1.54, 1.807) is 0 Å². The van der Waals surface area contributed by atoms with Crippen LogP contribution < -0.4 is 5.11 Å². The molecule has 2 bridgehead atoms. The van der Waals surface area contributed by atoms with Crippen LogP contribution in [-0.4, -0.2) is 11.8 Å². The van der Waals surface area contributed by atoms with Gasteiger partial charge in [-0.1, -0.05) is 20.8 Å². The predicted octanol–water partition coefficient (Wildman–Crippen LogP) is 0.768. The van der Waals surface area contributed by atoms with Gasteiger partial charge in [-0.2, -0.15) is 0 Å². The van der Waals surface area contributed by atoms with Crippen LogP contribution >= 0.6 is 0 Å². The van der Waals surface area contributed by atoms with Crippen molar-refractivity contribution >= 4 is 11.8 Å². The van der Waals surface area contributed by atoms with Crippen LogP contribution in [0.4, 0.5) is 0 Å². The molecule has 0 N–H and O–H groups in total. The Balaban J connectivity index is 2.34. The Bertz CT molecular complexity index is 332. The van der Waals surface area contributed by atoms with Gasteiger partial charge < -0.3 is 9.90 Å². The largest absolute Gasteiger partial charge is 0.550 e. The first kappa shape index (κ1) is 10.7. The first-order valence-corrected chi connectivity index (χ1v) is 5.55. The fourth-order valence-electron chi connectivity index (χ4n) is 3.69. The van der Waals surface area contributed by atoms with Crippen LogP contribution in [0.1, 0.15) is 40.0 Å². The molecule has 0 amide bonds. The lowest BCUT2D eigenvalue weighted by molar-refractivity contribution is -0.306.